The van der Waals surface area contributed by atoms with E-state index in [0.29, 0.717) is 17.8 Å². The Balaban J connectivity index is 1.85. The summed E-state index contributed by atoms with van der Waals surface area (Å²) in [5.41, 5.74) is 3.13. The van der Waals surface area contributed by atoms with Crippen LogP contribution in [0.25, 0.3) is 11.5 Å². The van der Waals surface area contributed by atoms with Crippen LogP contribution in [0, 0.1) is 12.8 Å². The molecule has 2 aromatic rings. The predicted molar refractivity (Wildman–Crippen MR) is 91.3 cm³/mol. The number of anilines is 1. The van der Waals surface area contributed by atoms with E-state index >= 15 is 0 Å². The van der Waals surface area contributed by atoms with Gasteiger partial charge in [-0.25, -0.2) is 0 Å². The van der Waals surface area contributed by atoms with Gasteiger partial charge in [-0.3, -0.25) is 4.98 Å². The highest BCUT2D eigenvalue weighted by Crippen LogP contribution is 2.30. The third-order valence-electron chi connectivity index (χ3n) is 4.40. The van der Waals surface area contributed by atoms with Gasteiger partial charge in [0.25, 0.3) is 5.89 Å². The number of nitrogens with zero attached hydrogens (tertiary/aromatic N) is 3. The zero-order chi connectivity index (χ0) is 16.2. The lowest BCUT2D eigenvalue weighted by molar-refractivity contribution is 0.354. The molecule has 0 saturated heterocycles. The fraction of sp³-hybridized carbons (Fsp3) is 0.611. The molecular weight excluding hydrogens is 288 g/mol. The molecule has 1 aliphatic carbocycles. The van der Waals surface area contributed by atoms with E-state index in [1.807, 2.05) is 13.1 Å². The van der Waals surface area contributed by atoms with Crippen LogP contribution in [0.4, 0.5) is 5.69 Å². The average Bonchev–Trinajstić information content (AvgIpc) is 2.96. The lowest BCUT2D eigenvalue weighted by atomic mass is 9.85. The van der Waals surface area contributed by atoms with Crippen molar-refractivity contribution in [3.8, 4) is 11.5 Å². The van der Waals surface area contributed by atoms with Crippen molar-refractivity contribution in [1.82, 2.24) is 15.1 Å². The quantitative estimate of drug-likeness (QED) is 0.887. The van der Waals surface area contributed by atoms with Crippen LogP contribution in [0.3, 0.4) is 0 Å². The van der Waals surface area contributed by atoms with Crippen LogP contribution in [0.1, 0.15) is 57.5 Å². The number of nitrogens with one attached hydrogen (secondary N) is 1. The molecule has 1 aliphatic rings. The van der Waals surface area contributed by atoms with Crippen molar-refractivity contribution in [1.29, 1.82) is 0 Å². The van der Waals surface area contributed by atoms with Crippen LogP contribution in [0.15, 0.2) is 16.8 Å². The van der Waals surface area contributed by atoms with Gasteiger partial charge in [-0.2, -0.15) is 4.98 Å². The Morgan fingerprint density at radius 2 is 2.04 bits per heavy atom. The zero-order valence-electron chi connectivity index (χ0n) is 14.3. The highest BCUT2D eigenvalue weighted by atomic mass is 16.5. The summed E-state index contributed by atoms with van der Waals surface area (Å²) in [6.07, 6.45) is 9.67. The van der Waals surface area contributed by atoms with Gasteiger partial charge in [-0.1, -0.05) is 37.3 Å². The summed E-state index contributed by atoms with van der Waals surface area (Å²) in [5.74, 6) is 1.94. The van der Waals surface area contributed by atoms with E-state index in [0.717, 1.165) is 29.3 Å². The third-order valence-corrected chi connectivity index (χ3v) is 4.40. The summed E-state index contributed by atoms with van der Waals surface area (Å²) < 4.78 is 5.27. The lowest BCUT2D eigenvalue weighted by Gasteiger charge is -2.23. The topological polar surface area (TPSA) is 63.8 Å². The molecule has 5 nitrogen and oxygen atoms in total. The van der Waals surface area contributed by atoms with Gasteiger partial charge in [0.1, 0.15) is 0 Å². The second-order valence-electron chi connectivity index (χ2n) is 6.87. The molecule has 1 saturated carbocycles. The van der Waals surface area contributed by atoms with E-state index < -0.39 is 0 Å². The molecule has 124 valence electrons. The average molecular weight is 314 g/mol. The number of aromatic nitrogens is 3. The van der Waals surface area contributed by atoms with E-state index in [1.54, 1.807) is 0 Å². The fourth-order valence-corrected chi connectivity index (χ4v) is 3.29. The van der Waals surface area contributed by atoms with Gasteiger partial charge in [-0.05, 0) is 39.2 Å². The van der Waals surface area contributed by atoms with E-state index in [1.165, 1.54) is 32.1 Å². The Labute approximate surface area is 137 Å². The van der Waals surface area contributed by atoms with E-state index in [-0.39, 0.29) is 0 Å². The Hall–Kier alpha value is -1.91. The molecule has 0 aliphatic heterocycles. The van der Waals surface area contributed by atoms with Crippen molar-refractivity contribution in [2.24, 2.45) is 5.92 Å². The van der Waals surface area contributed by atoms with Gasteiger partial charge in [0.2, 0.25) is 0 Å². The molecule has 0 aromatic carbocycles. The molecule has 0 bridgehead atoms. The molecule has 1 N–H and O–H groups in total. The summed E-state index contributed by atoms with van der Waals surface area (Å²) in [4.78, 5) is 9.02. The molecule has 0 unspecified atom stereocenters. The maximum absolute atomic E-state index is 5.27. The van der Waals surface area contributed by atoms with Crippen LogP contribution in [-0.4, -0.2) is 21.2 Å². The Kier molecular flexibility index (Phi) is 4.94. The van der Waals surface area contributed by atoms with Crippen LogP contribution < -0.4 is 5.32 Å². The van der Waals surface area contributed by atoms with Gasteiger partial charge in [0.05, 0.1) is 16.9 Å². The number of rotatable bonds is 5. The van der Waals surface area contributed by atoms with Crippen LogP contribution >= 0.6 is 0 Å². The molecule has 5 heteroatoms. The van der Waals surface area contributed by atoms with Crippen molar-refractivity contribution in [2.45, 2.75) is 65.3 Å². The molecule has 1 fully saturated rings. The third kappa shape index (κ3) is 4.09. The van der Waals surface area contributed by atoms with Gasteiger partial charge in [0.15, 0.2) is 5.82 Å². The molecule has 3 rings (SSSR count). The number of pyridine rings is 1. The fourth-order valence-electron chi connectivity index (χ4n) is 3.29. The Bertz CT molecular complexity index is 644. The first-order valence-corrected chi connectivity index (χ1v) is 8.68. The number of hydrogen-bond acceptors (Lipinski definition) is 5. The monoisotopic (exact) mass is 314 g/mol. The van der Waals surface area contributed by atoms with Crippen molar-refractivity contribution in [3.05, 3.63) is 23.8 Å². The maximum Gasteiger partial charge on any atom is 0.259 e. The SMILES string of the molecule is Cc1noc(-c2cnc(CC3CCCCC3)c(NC(C)C)c2)n1. The predicted octanol–water partition coefficient (Wildman–Crippen LogP) is 4.38. The van der Waals surface area contributed by atoms with Crippen molar-refractivity contribution in [3.63, 3.8) is 0 Å². The highest BCUT2D eigenvalue weighted by molar-refractivity contribution is 5.62. The van der Waals surface area contributed by atoms with Crippen LogP contribution in [0.5, 0.6) is 0 Å². The minimum absolute atomic E-state index is 0.363. The first-order chi connectivity index (χ1) is 11.1. The Morgan fingerprint density at radius 3 is 2.70 bits per heavy atom. The summed E-state index contributed by atoms with van der Waals surface area (Å²) in [6, 6.07) is 2.46. The van der Waals surface area contributed by atoms with Crippen molar-refractivity contribution in [2.75, 3.05) is 5.32 Å². The van der Waals surface area contributed by atoms with E-state index in [4.69, 9.17) is 9.51 Å². The first kappa shape index (κ1) is 16.0. The molecule has 0 spiro atoms. The summed E-state index contributed by atoms with van der Waals surface area (Å²) in [6.45, 7) is 6.12. The molecule has 0 atom stereocenters. The molecule has 23 heavy (non-hydrogen) atoms. The minimum Gasteiger partial charge on any atom is -0.381 e. The molecule has 2 aromatic heterocycles. The summed E-state index contributed by atoms with van der Waals surface area (Å²) >= 11 is 0. The van der Waals surface area contributed by atoms with Gasteiger partial charge < -0.3 is 9.84 Å². The van der Waals surface area contributed by atoms with Crippen molar-refractivity contribution >= 4 is 5.69 Å². The van der Waals surface area contributed by atoms with Crippen LogP contribution in [0.2, 0.25) is 0 Å². The molecule has 2 heterocycles. The van der Waals surface area contributed by atoms with Crippen molar-refractivity contribution < 1.29 is 4.52 Å². The van der Waals surface area contributed by atoms with Crippen LogP contribution in [-0.2, 0) is 6.42 Å². The molecule has 0 amide bonds. The maximum atomic E-state index is 5.27. The number of aryl methyl sites for hydroxylation is 1. The Morgan fingerprint density at radius 1 is 1.26 bits per heavy atom. The highest BCUT2D eigenvalue weighted by Gasteiger charge is 2.18. The minimum atomic E-state index is 0.363. The first-order valence-electron chi connectivity index (χ1n) is 8.68. The number of hydrogen-bond donors (Lipinski definition) is 1. The zero-order valence-corrected chi connectivity index (χ0v) is 14.3. The second-order valence-corrected chi connectivity index (χ2v) is 6.87. The largest absolute Gasteiger partial charge is 0.381 e. The van der Waals surface area contributed by atoms with E-state index in [2.05, 4.69) is 35.4 Å². The van der Waals surface area contributed by atoms with E-state index in [9.17, 15) is 0 Å². The molecular formula is C18H26N4O. The second kappa shape index (κ2) is 7.11. The van der Waals surface area contributed by atoms with Gasteiger partial charge >= 0.3 is 0 Å². The van der Waals surface area contributed by atoms with Gasteiger partial charge in [-0.15, -0.1) is 0 Å². The molecule has 0 radical (unpaired) electrons. The smallest absolute Gasteiger partial charge is 0.259 e. The normalized spacial score (nSPS) is 16.0. The standard InChI is InChI=1S/C18H26N4O/c1-12(2)20-17-10-15(18-21-13(3)22-23-18)11-19-16(17)9-14-7-5-4-6-8-14/h10-12,14,20H,4-9H2,1-3H3. The van der Waals surface area contributed by atoms with Gasteiger partial charge in [0, 0.05) is 12.2 Å². The summed E-state index contributed by atoms with van der Waals surface area (Å²) in [7, 11) is 0. The summed E-state index contributed by atoms with van der Waals surface area (Å²) in [5, 5.41) is 7.39. The lowest BCUT2D eigenvalue weighted by Crippen LogP contribution is -2.16.